The van der Waals surface area contributed by atoms with E-state index in [0.717, 1.165) is 11.1 Å². The maximum Gasteiger partial charge on any atom is 0.315 e. The lowest BCUT2D eigenvalue weighted by Crippen LogP contribution is -2.38. The van der Waals surface area contributed by atoms with E-state index in [4.69, 9.17) is 9.47 Å². The van der Waals surface area contributed by atoms with Crippen molar-refractivity contribution >= 4 is 6.03 Å². The number of benzene rings is 2. The van der Waals surface area contributed by atoms with E-state index in [1.54, 1.807) is 14.2 Å². The van der Waals surface area contributed by atoms with Crippen molar-refractivity contribution in [2.24, 2.45) is 0 Å². The molecule has 0 aliphatic carbocycles. The Hall–Kier alpha value is -2.69. The van der Waals surface area contributed by atoms with Gasteiger partial charge in [-0.25, -0.2) is 4.79 Å². The van der Waals surface area contributed by atoms with Crippen molar-refractivity contribution in [2.45, 2.75) is 26.3 Å². The molecule has 5 nitrogen and oxygen atoms in total. The highest BCUT2D eigenvalue weighted by Gasteiger charge is 2.11. The lowest BCUT2D eigenvalue weighted by Gasteiger charge is -2.17. The Morgan fingerprint density at radius 1 is 1.08 bits per heavy atom. The number of ether oxygens (including phenoxy) is 2. The monoisotopic (exact) mass is 342 g/mol. The summed E-state index contributed by atoms with van der Waals surface area (Å²) in [5.74, 6) is 1.39. The summed E-state index contributed by atoms with van der Waals surface area (Å²) < 4.78 is 10.5. The Morgan fingerprint density at radius 3 is 2.48 bits per heavy atom. The number of hydrogen-bond donors (Lipinski definition) is 2. The fourth-order valence-corrected chi connectivity index (χ4v) is 2.75. The van der Waals surface area contributed by atoms with E-state index in [1.165, 1.54) is 5.56 Å². The topological polar surface area (TPSA) is 59.6 Å². The van der Waals surface area contributed by atoms with Crippen molar-refractivity contribution in [3.05, 3.63) is 59.2 Å². The molecular formula is C20H26N2O3. The second kappa shape index (κ2) is 8.97. The summed E-state index contributed by atoms with van der Waals surface area (Å²) in [6.07, 6.45) is 0.715. The molecule has 0 saturated heterocycles. The van der Waals surface area contributed by atoms with E-state index in [-0.39, 0.29) is 12.1 Å². The second-order valence-electron chi connectivity index (χ2n) is 5.92. The zero-order chi connectivity index (χ0) is 18.2. The molecule has 2 N–H and O–H groups in total. The van der Waals surface area contributed by atoms with Gasteiger partial charge in [-0.15, -0.1) is 0 Å². The van der Waals surface area contributed by atoms with Gasteiger partial charge >= 0.3 is 6.03 Å². The molecule has 0 unspecified atom stereocenters. The summed E-state index contributed by atoms with van der Waals surface area (Å²) in [6, 6.07) is 13.6. The summed E-state index contributed by atoms with van der Waals surface area (Å²) >= 11 is 0. The fourth-order valence-electron chi connectivity index (χ4n) is 2.75. The largest absolute Gasteiger partial charge is 0.493 e. The Bertz CT molecular complexity index is 716. The van der Waals surface area contributed by atoms with Gasteiger partial charge in [0.05, 0.1) is 20.3 Å². The predicted molar refractivity (Wildman–Crippen MR) is 99.4 cm³/mol. The number of carbonyl (C=O) groups is 1. The molecule has 5 heteroatoms. The Balaban J connectivity index is 1.83. The predicted octanol–water partition coefficient (Wildman–Crippen LogP) is 3.62. The summed E-state index contributed by atoms with van der Waals surface area (Å²) in [4.78, 5) is 12.1. The quantitative estimate of drug-likeness (QED) is 0.808. The maximum atomic E-state index is 12.1. The molecule has 1 atom stereocenters. The summed E-state index contributed by atoms with van der Waals surface area (Å²) in [5, 5.41) is 5.86. The van der Waals surface area contributed by atoms with Gasteiger partial charge in [0.1, 0.15) is 0 Å². The molecule has 0 saturated carbocycles. The van der Waals surface area contributed by atoms with Crippen molar-refractivity contribution in [2.75, 3.05) is 20.8 Å². The van der Waals surface area contributed by atoms with Gasteiger partial charge in [-0.1, -0.05) is 30.3 Å². The standard InChI is InChI=1S/C20H26N2O3/c1-14-7-5-6-8-17(14)15(2)22-20(23)21-12-11-16-9-10-18(24-3)19(13-16)25-4/h5-10,13,15H,11-12H2,1-4H3,(H2,21,22,23)/t15-/m1/s1. The average molecular weight is 342 g/mol. The third kappa shape index (κ3) is 5.14. The van der Waals surface area contributed by atoms with E-state index in [9.17, 15) is 4.79 Å². The summed E-state index contributed by atoms with van der Waals surface area (Å²) in [6.45, 7) is 4.57. The SMILES string of the molecule is COc1ccc(CCNC(=O)N[C@H](C)c2ccccc2C)cc1OC. The van der Waals surface area contributed by atoms with Crippen molar-refractivity contribution in [3.63, 3.8) is 0 Å². The first-order valence-corrected chi connectivity index (χ1v) is 8.36. The zero-order valence-electron chi connectivity index (χ0n) is 15.3. The molecule has 0 spiro atoms. The van der Waals surface area contributed by atoms with Crippen LogP contribution in [0, 0.1) is 6.92 Å². The Morgan fingerprint density at radius 2 is 1.80 bits per heavy atom. The number of nitrogens with one attached hydrogen (secondary N) is 2. The van der Waals surface area contributed by atoms with Gasteiger partial charge in [0.25, 0.3) is 0 Å². The Kier molecular flexibility index (Phi) is 6.69. The van der Waals surface area contributed by atoms with Crippen LogP contribution in [0.1, 0.15) is 29.7 Å². The minimum Gasteiger partial charge on any atom is -0.493 e. The number of carbonyl (C=O) groups excluding carboxylic acids is 1. The van der Waals surface area contributed by atoms with Crippen molar-refractivity contribution < 1.29 is 14.3 Å². The highest BCUT2D eigenvalue weighted by Crippen LogP contribution is 2.27. The third-order valence-electron chi connectivity index (χ3n) is 4.15. The molecule has 2 aromatic carbocycles. The van der Waals surface area contributed by atoms with Gasteiger partial charge in [0.2, 0.25) is 0 Å². The Labute approximate surface area is 149 Å². The molecule has 0 fully saturated rings. The second-order valence-corrected chi connectivity index (χ2v) is 5.92. The molecule has 134 valence electrons. The molecule has 25 heavy (non-hydrogen) atoms. The lowest BCUT2D eigenvalue weighted by molar-refractivity contribution is 0.238. The number of amides is 2. The van der Waals surface area contributed by atoms with E-state index < -0.39 is 0 Å². The maximum absolute atomic E-state index is 12.1. The highest BCUT2D eigenvalue weighted by atomic mass is 16.5. The third-order valence-corrected chi connectivity index (χ3v) is 4.15. The normalized spacial score (nSPS) is 11.5. The van der Waals surface area contributed by atoms with E-state index >= 15 is 0 Å². The van der Waals surface area contributed by atoms with Gasteiger partial charge < -0.3 is 20.1 Å². The minimum absolute atomic E-state index is 0.0396. The van der Waals surface area contributed by atoms with Gasteiger partial charge in [0.15, 0.2) is 11.5 Å². The van der Waals surface area contributed by atoms with Crippen LogP contribution in [0.3, 0.4) is 0 Å². The van der Waals surface area contributed by atoms with Crippen LogP contribution in [0.4, 0.5) is 4.79 Å². The van der Waals surface area contributed by atoms with Crippen LogP contribution in [0.25, 0.3) is 0 Å². The van der Waals surface area contributed by atoms with Crippen LogP contribution in [-0.2, 0) is 6.42 Å². The molecule has 2 rings (SSSR count). The van der Waals surface area contributed by atoms with Gasteiger partial charge in [-0.05, 0) is 49.1 Å². The van der Waals surface area contributed by atoms with Crippen LogP contribution in [0.5, 0.6) is 11.5 Å². The molecule has 0 aliphatic rings. The lowest BCUT2D eigenvalue weighted by atomic mass is 10.0. The van der Waals surface area contributed by atoms with Crippen LogP contribution >= 0.6 is 0 Å². The number of aryl methyl sites for hydroxylation is 1. The molecule has 0 aromatic heterocycles. The van der Waals surface area contributed by atoms with Crippen LogP contribution in [0.15, 0.2) is 42.5 Å². The van der Waals surface area contributed by atoms with E-state index in [2.05, 4.69) is 10.6 Å². The summed E-state index contributed by atoms with van der Waals surface area (Å²) in [5.41, 5.74) is 3.36. The minimum atomic E-state index is -0.170. The first kappa shape index (κ1) is 18.6. The first-order chi connectivity index (χ1) is 12.0. The van der Waals surface area contributed by atoms with Gasteiger partial charge in [0, 0.05) is 6.54 Å². The molecule has 2 amide bonds. The number of urea groups is 1. The van der Waals surface area contributed by atoms with E-state index in [0.29, 0.717) is 24.5 Å². The number of methoxy groups -OCH3 is 2. The molecular weight excluding hydrogens is 316 g/mol. The highest BCUT2D eigenvalue weighted by molar-refractivity contribution is 5.74. The first-order valence-electron chi connectivity index (χ1n) is 8.36. The van der Waals surface area contributed by atoms with Crippen molar-refractivity contribution in [1.82, 2.24) is 10.6 Å². The number of hydrogen-bond acceptors (Lipinski definition) is 3. The van der Waals surface area contributed by atoms with Gasteiger partial charge in [-0.2, -0.15) is 0 Å². The van der Waals surface area contributed by atoms with Gasteiger partial charge in [-0.3, -0.25) is 0 Å². The number of rotatable bonds is 7. The smallest absolute Gasteiger partial charge is 0.315 e. The summed E-state index contributed by atoms with van der Waals surface area (Å²) in [7, 11) is 3.22. The fraction of sp³-hybridized carbons (Fsp3) is 0.350. The van der Waals surface area contributed by atoms with Crippen LogP contribution in [-0.4, -0.2) is 26.8 Å². The van der Waals surface area contributed by atoms with Crippen LogP contribution in [0.2, 0.25) is 0 Å². The van der Waals surface area contributed by atoms with Crippen molar-refractivity contribution in [3.8, 4) is 11.5 Å². The average Bonchev–Trinajstić information content (AvgIpc) is 2.61. The molecule has 0 heterocycles. The van der Waals surface area contributed by atoms with E-state index in [1.807, 2.05) is 56.3 Å². The van der Waals surface area contributed by atoms with Crippen LogP contribution < -0.4 is 20.1 Å². The molecule has 2 aromatic rings. The van der Waals surface area contributed by atoms with Crippen molar-refractivity contribution in [1.29, 1.82) is 0 Å². The molecule has 0 bridgehead atoms. The molecule has 0 aliphatic heterocycles. The molecule has 0 radical (unpaired) electrons. The zero-order valence-corrected chi connectivity index (χ0v) is 15.3.